The number of nitrogens with zero attached hydrogens (tertiary/aromatic N) is 1. The van der Waals surface area contributed by atoms with Crippen LogP contribution in [0.5, 0.6) is 0 Å². The number of hydrogen-bond donors (Lipinski definition) is 1. The maximum atomic E-state index is 6.00. The summed E-state index contributed by atoms with van der Waals surface area (Å²) in [6, 6.07) is 0.528. The van der Waals surface area contributed by atoms with E-state index in [9.17, 15) is 0 Å². The van der Waals surface area contributed by atoms with E-state index < -0.39 is 0 Å². The van der Waals surface area contributed by atoms with Gasteiger partial charge < -0.3 is 10.5 Å². The third kappa shape index (κ3) is 3.67. The molecular formula is C14H30N2O. The normalized spacial score (nSPS) is 28.6. The molecule has 0 bridgehead atoms. The first-order valence-corrected chi connectivity index (χ1v) is 7.09. The largest absolute Gasteiger partial charge is 0.377 e. The fraction of sp³-hybridized carbons (Fsp3) is 1.00. The van der Waals surface area contributed by atoms with Crippen molar-refractivity contribution in [1.82, 2.24) is 4.90 Å². The zero-order valence-corrected chi connectivity index (χ0v) is 12.0. The van der Waals surface area contributed by atoms with Crippen molar-refractivity contribution in [3.8, 4) is 0 Å². The van der Waals surface area contributed by atoms with Gasteiger partial charge in [-0.25, -0.2) is 0 Å². The minimum absolute atomic E-state index is 0.0255. The number of methoxy groups -OCH3 is 1. The molecule has 17 heavy (non-hydrogen) atoms. The smallest absolute Gasteiger partial charge is 0.0777 e. The van der Waals surface area contributed by atoms with Crippen molar-refractivity contribution in [2.45, 2.75) is 58.1 Å². The molecule has 3 heteroatoms. The third-order valence-corrected chi connectivity index (χ3v) is 4.48. The first-order valence-electron chi connectivity index (χ1n) is 7.09. The van der Waals surface area contributed by atoms with Crippen molar-refractivity contribution >= 4 is 0 Å². The number of piperidine rings is 1. The minimum Gasteiger partial charge on any atom is -0.377 e. The quantitative estimate of drug-likeness (QED) is 0.776. The summed E-state index contributed by atoms with van der Waals surface area (Å²) in [5, 5.41) is 0. The summed E-state index contributed by atoms with van der Waals surface area (Å²) in [6.45, 7) is 9.75. The van der Waals surface area contributed by atoms with Crippen molar-refractivity contribution < 1.29 is 4.74 Å². The van der Waals surface area contributed by atoms with Gasteiger partial charge in [0.2, 0.25) is 0 Å². The summed E-state index contributed by atoms with van der Waals surface area (Å²) in [7, 11) is 1.83. The van der Waals surface area contributed by atoms with Gasteiger partial charge in [0.1, 0.15) is 0 Å². The topological polar surface area (TPSA) is 38.5 Å². The molecule has 0 spiro atoms. The van der Waals surface area contributed by atoms with Crippen LogP contribution in [0.25, 0.3) is 0 Å². The Morgan fingerprint density at radius 3 is 2.47 bits per heavy atom. The zero-order chi connectivity index (χ0) is 12.9. The molecule has 1 heterocycles. The van der Waals surface area contributed by atoms with Crippen molar-refractivity contribution in [2.75, 3.05) is 26.7 Å². The van der Waals surface area contributed by atoms with Crippen LogP contribution >= 0.6 is 0 Å². The molecular weight excluding hydrogens is 212 g/mol. The summed E-state index contributed by atoms with van der Waals surface area (Å²) in [4.78, 5) is 2.56. The van der Waals surface area contributed by atoms with E-state index in [1.807, 2.05) is 7.11 Å². The van der Waals surface area contributed by atoms with E-state index >= 15 is 0 Å². The van der Waals surface area contributed by atoms with Crippen LogP contribution in [0.3, 0.4) is 0 Å². The van der Waals surface area contributed by atoms with Crippen LogP contribution in [0.1, 0.15) is 46.5 Å². The van der Waals surface area contributed by atoms with Crippen LogP contribution in [0, 0.1) is 5.92 Å². The van der Waals surface area contributed by atoms with E-state index in [2.05, 4.69) is 25.7 Å². The number of rotatable bonds is 6. The molecule has 2 unspecified atom stereocenters. The molecule has 2 atom stereocenters. The molecule has 1 aliphatic heterocycles. The highest BCUT2D eigenvalue weighted by molar-refractivity contribution is 4.90. The predicted molar refractivity (Wildman–Crippen MR) is 73.1 cm³/mol. The van der Waals surface area contributed by atoms with Crippen molar-refractivity contribution in [3.05, 3.63) is 0 Å². The molecule has 0 aliphatic carbocycles. The fourth-order valence-electron chi connectivity index (χ4n) is 3.17. The number of nitrogens with two attached hydrogens (primary N) is 1. The zero-order valence-electron chi connectivity index (χ0n) is 12.0. The first kappa shape index (κ1) is 14.9. The van der Waals surface area contributed by atoms with Gasteiger partial charge in [-0.2, -0.15) is 0 Å². The maximum absolute atomic E-state index is 6.00. The van der Waals surface area contributed by atoms with Crippen molar-refractivity contribution in [2.24, 2.45) is 11.7 Å². The molecule has 102 valence electrons. The Morgan fingerprint density at radius 1 is 1.35 bits per heavy atom. The molecule has 0 amide bonds. The summed E-state index contributed by atoms with van der Waals surface area (Å²) < 4.78 is 5.67. The average molecular weight is 242 g/mol. The summed E-state index contributed by atoms with van der Waals surface area (Å²) in [6.07, 6.45) is 4.83. The van der Waals surface area contributed by atoms with Crippen LogP contribution in [-0.2, 0) is 4.74 Å². The molecule has 0 saturated carbocycles. The second-order valence-corrected chi connectivity index (χ2v) is 5.61. The summed E-state index contributed by atoms with van der Waals surface area (Å²) in [5.41, 5.74) is 6.03. The Morgan fingerprint density at radius 2 is 2.00 bits per heavy atom. The number of ether oxygens (including phenoxy) is 1. The highest BCUT2D eigenvalue weighted by Crippen LogP contribution is 2.28. The van der Waals surface area contributed by atoms with Gasteiger partial charge in [-0.15, -0.1) is 0 Å². The van der Waals surface area contributed by atoms with E-state index in [1.54, 1.807) is 0 Å². The van der Waals surface area contributed by atoms with Gasteiger partial charge in [-0.1, -0.05) is 26.7 Å². The van der Waals surface area contributed by atoms with Crippen molar-refractivity contribution in [1.29, 1.82) is 0 Å². The molecule has 0 aromatic rings. The van der Waals surface area contributed by atoms with Crippen LogP contribution in [0.2, 0.25) is 0 Å². The Labute approximate surface area is 107 Å². The van der Waals surface area contributed by atoms with Gasteiger partial charge in [-0.05, 0) is 32.2 Å². The third-order valence-electron chi connectivity index (χ3n) is 4.48. The van der Waals surface area contributed by atoms with Crippen LogP contribution in [-0.4, -0.2) is 43.3 Å². The predicted octanol–water partition coefficient (Wildman–Crippen LogP) is 2.25. The van der Waals surface area contributed by atoms with Gasteiger partial charge in [0, 0.05) is 26.2 Å². The fourth-order valence-corrected chi connectivity index (χ4v) is 3.17. The van der Waals surface area contributed by atoms with Gasteiger partial charge in [0.25, 0.3) is 0 Å². The second-order valence-electron chi connectivity index (χ2n) is 5.61. The molecule has 2 N–H and O–H groups in total. The molecule has 0 radical (unpaired) electrons. The molecule has 1 fully saturated rings. The van der Waals surface area contributed by atoms with E-state index in [4.69, 9.17) is 10.5 Å². The monoisotopic (exact) mass is 242 g/mol. The van der Waals surface area contributed by atoms with Gasteiger partial charge in [-0.3, -0.25) is 4.90 Å². The highest BCUT2D eigenvalue weighted by atomic mass is 16.5. The van der Waals surface area contributed by atoms with E-state index in [0.717, 1.165) is 19.0 Å². The number of hydrogen-bond acceptors (Lipinski definition) is 3. The molecule has 1 aliphatic rings. The van der Waals surface area contributed by atoms with Crippen LogP contribution in [0.4, 0.5) is 0 Å². The highest BCUT2D eigenvalue weighted by Gasteiger charge is 2.35. The molecule has 0 aromatic carbocycles. The lowest BCUT2D eigenvalue weighted by atomic mass is 9.88. The van der Waals surface area contributed by atoms with E-state index in [-0.39, 0.29) is 5.60 Å². The lowest BCUT2D eigenvalue weighted by Gasteiger charge is -2.45. The Bertz CT molecular complexity index is 218. The standard InChI is InChI=1S/C14H30N2O/c1-5-12(6-2)13(10-15)16-9-7-8-14(3,11-16)17-4/h12-13H,5-11,15H2,1-4H3. The van der Waals surface area contributed by atoms with Gasteiger partial charge in [0.05, 0.1) is 5.60 Å². The Balaban J connectivity index is 2.68. The van der Waals surface area contributed by atoms with Gasteiger partial charge >= 0.3 is 0 Å². The summed E-state index contributed by atoms with van der Waals surface area (Å²) >= 11 is 0. The average Bonchev–Trinajstić information content (AvgIpc) is 2.35. The Hall–Kier alpha value is -0.120. The lowest BCUT2D eigenvalue weighted by Crippen LogP contribution is -2.55. The summed E-state index contributed by atoms with van der Waals surface area (Å²) in [5.74, 6) is 0.721. The first-order chi connectivity index (χ1) is 8.10. The maximum Gasteiger partial charge on any atom is 0.0777 e. The van der Waals surface area contributed by atoms with Crippen molar-refractivity contribution in [3.63, 3.8) is 0 Å². The van der Waals surface area contributed by atoms with E-state index in [0.29, 0.717) is 6.04 Å². The molecule has 0 aromatic heterocycles. The molecule has 1 rings (SSSR count). The van der Waals surface area contributed by atoms with Gasteiger partial charge in [0.15, 0.2) is 0 Å². The van der Waals surface area contributed by atoms with Crippen LogP contribution < -0.4 is 5.73 Å². The molecule has 3 nitrogen and oxygen atoms in total. The van der Waals surface area contributed by atoms with E-state index in [1.165, 1.54) is 32.2 Å². The second kappa shape index (κ2) is 6.72. The Kier molecular flexibility index (Phi) is 5.90. The SMILES string of the molecule is CCC(CC)C(CN)N1CCCC(C)(OC)C1. The number of likely N-dealkylation sites (tertiary alicyclic amines) is 1. The lowest BCUT2D eigenvalue weighted by molar-refractivity contribution is -0.0667. The van der Waals surface area contributed by atoms with Crippen LogP contribution in [0.15, 0.2) is 0 Å². The minimum atomic E-state index is 0.0255. The molecule has 1 saturated heterocycles.